The van der Waals surface area contributed by atoms with E-state index in [1.807, 2.05) is 0 Å². The molecule has 0 spiro atoms. The molecule has 3 rings (SSSR count). The van der Waals surface area contributed by atoms with Crippen molar-refractivity contribution >= 4 is 46.9 Å². The molecule has 1 saturated heterocycles. The number of H-pyrrole nitrogens is 1. The quantitative estimate of drug-likeness (QED) is 0.136. The van der Waals surface area contributed by atoms with E-state index in [0.29, 0.717) is 6.29 Å². The van der Waals surface area contributed by atoms with E-state index in [2.05, 4.69) is 28.1 Å². The number of fused-ring (bicyclic) bond motifs is 1. The number of anilines is 1. The molecule has 6 atom stereocenters. The highest BCUT2D eigenvalue weighted by atomic mass is 31.3. The van der Waals surface area contributed by atoms with Gasteiger partial charge in [0.1, 0.15) is 18.6 Å². The summed E-state index contributed by atoms with van der Waals surface area (Å²) in [5, 5.41) is 10.4. The minimum Gasteiger partial charge on any atom is -0.389 e. The number of aliphatic hydroxyl groups excluding tert-OH is 1. The number of nitrogen functional groups attached to an aromatic ring is 1. The van der Waals surface area contributed by atoms with Gasteiger partial charge >= 0.3 is 23.5 Å². The third kappa shape index (κ3) is 5.99. The molecule has 8 N–H and O–H groups in total. The van der Waals surface area contributed by atoms with Crippen LogP contribution in [0.5, 0.6) is 0 Å². The molecule has 22 heteroatoms. The number of nitrogens with zero attached hydrogens (tertiary/aromatic N) is 3. The molecule has 33 heavy (non-hydrogen) atoms. The second kappa shape index (κ2) is 9.07. The minimum atomic E-state index is -5.74. The van der Waals surface area contributed by atoms with E-state index < -0.39 is 60.0 Å². The van der Waals surface area contributed by atoms with Crippen LogP contribution < -0.4 is 11.3 Å². The van der Waals surface area contributed by atoms with Gasteiger partial charge < -0.3 is 39.9 Å². The molecule has 184 valence electrons. The van der Waals surface area contributed by atoms with Gasteiger partial charge in [-0.15, -0.1) is 0 Å². The summed E-state index contributed by atoms with van der Waals surface area (Å²) in [4.78, 5) is 69.1. The van der Waals surface area contributed by atoms with Gasteiger partial charge in [-0.25, -0.2) is 18.7 Å². The summed E-state index contributed by atoms with van der Waals surface area (Å²) < 4.78 is 52.0. The Kier molecular flexibility index (Phi) is 7.08. The number of hydrogen-bond acceptors (Lipinski definition) is 13. The van der Waals surface area contributed by atoms with Crippen molar-refractivity contribution < 1.29 is 61.1 Å². The summed E-state index contributed by atoms with van der Waals surface area (Å²) in [6, 6.07) is 0. The highest BCUT2D eigenvalue weighted by molar-refractivity contribution is 7.66. The van der Waals surface area contributed by atoms with E-state index in [1.165, 1.54) is 0 Å². The van der Waals surface area contributed by atoms with Crippen LogP contribution in [0.25, 0.3) is 11.2 Å². The Morgan fingerprint density at radius 3 is 2.48 bits per heavy atom. The molecule has 1 aliphatic rings. The molecule has 0 radical (unpaired) electrons. The number of aromatic amines is 1. The molecule has 0 bridgehead atoms. The highest BCUT2D eigenvalue weighted by Crippen LogP contribution is 2.66. The average molecular weight is 535 g/mol. The molecule has 0 aliphatic carbocycles. The van der Waals surface area contributed by atoms with Gasteiger partial charge in [0.15, 0.2) is 11.2 Å². The molecule has 4 unspecified atom stereocenters. The Balaban J connectivity index is 1.77. The van der Waals surface area contributed by atoms with Crippen molar-refractivity contribution in [3.8, 4) is 0 Å². The Morgan fingerprint density at radius 1 is 1.21 bits per heavy atom. The third-order valence-electron chi connectivity index (χ3n) is 4.12. The first kappa shape index (κ1) is 25.8. The Hall–Kier alpha value is -1.85. The fraction of sp³-hybridized carbons (Fsp3) is 0.455. The second-order valence-electron chi connectivity index (χ2n) is 6.43. The predicted molar refractivity (Wildman–Crippen MR) is 102 cm³/mol. The van der Waals surface area contributed by atoms with Gasteiger partial charge in [0.05, 0.1) is 25.0 Å². The van der Waals surface area contributed by atoms with Crippen LogP contribution in [-0.2, 0) is 36.4 Å². The number of ether oxygens (including phenoxy) is 1. The molecule has 1 aliphatic heterocycles. The smallest absolute Gasteiger partial charge is 0.389 e. The molecule has 0 aromatic carbocycles. The summed E-state index contributed by atoms with van der Waals surface area (Å²) >= 11 is 0. The van der Waals surface area contributed by atoms with Gasteiger partial charge in [0.2, 0.25) is 5.95 Å². The largest absolute Gasteiger partial charge is 0.490 e. The van der Waals surface area contributed by atoms with Crippen molar-refractivity contribution in [2.45, 2.75) is 18.4 Å². The maximum Gasteiger partial charge on any atom is 0.490 e. The molecule has 19 nitrogen and oxygen atoms in total. The van der Waals surface area contributed by atoms with Crippen LogP contribution in [0.3, 0.4) is 0 Å². The Morgan fingerprint density at radius 2 is 1.88 bits per heavy atom. The number of phosphoric ester groups is 1. The lowest BCUT2D eigenvalue weighted by Crippen LogP contribution is -2.31. The number of hydrogen-bond donors (Lipinski definition) is 7. The third-order valence-corrected chi connectivity index (χ3v) is 7.92. The normalized spacial score (nSPS) is 27.3. The number of phosphoric acid groups is 3. The molecule has 3 heterocycles. The van der Waals surface area contributed by atoms with Crippen LogP contribution in [0.2, 0.25) is 0 Å². The standard InChI is InChI=1S/C11H16N5O14P3/c12-11-14-8-6(9(19)15-11)13-3-16(8)10-4(1-17)7(18)5(28-10)2-27-32(23,24)30-33(25,26)29-31(20,21)22/h1,3-5,7,10,18H,2H2,(H,23,24)(H,25,26)(H2,20,21,22)(H3,12,14,15,19)/t4?,5-,7?,10-/m1/s1. The molecule has 0 saturated carbocycles. The maximum atomic E-state index is 11.9. The van der Waals surface area contributed by atoms with Crippen molar-refractivity contribution in [1.82, 2.24) is 19.5 Å². The fourth-order valence-corrected chi connectivity index (χ4v) is 5.93. The van der Waals surface area contributed by atoms with E-state index in [-0.39, 0.29) is 17.1 Å². The number of nitrogens with two attached hydrogens (primary N) is 1. The molecular formula is C11H16N5O14P3. The number of imidazole rings is 1. The molecule has 2 aromatic heterocycles. The zero-order valence-corrected chi connectivity index (χ0v) is 18.5. The molecule has 0 amide bonds. The van der Waals surface area contributed by atoms with Gasteiger partial charge in [-0.1, -0.05) is 0 Å². The Bertz CT molecular complexity index is 1260. The van der Waals surface area contributed by atoms with Crippen molar-refractivity contribution in [3.63, 3.8) is 0 Å². The second-order valence-corrected chi connectivity index (χ2v) is 10.9. The summed E-state index contributed by atoms with van der Waals surface area (Å²) in [6.07, 6.45) is -3.12. The van der Waals surface area contributed by atoms with Crippen molar-refractivity contribution in [2.24, 2.45) is 5.92 Å². The lowest BCUT2D eigenvalue weighted by atomic mass is 10.0. The van der Waals surface area contributed by atoms with Crippen LogP contribution >= 0.6 is 23.5 Å². The summed E-state index contributed by atoms with van der Waals surface area (Å²) in [5.74, 6) is -1.60. The minimum absolute atomic E-state index is 0.103. The zero-order valence-electron chi connectivity index (χ0n) is 15.8. The van der Waals surface area contributed by atoms with Gasteiger partial charge in [0, 0.05) is 0 Å². The maximum absolute atomic E-state index is 11.9. The van der Waals surface area contributed by atoms with E-state index in [1.54, 1.807) is 0 Å². The van der Waals surface area contributed by atoms with Gasteiger partial charge in [-0.2, -0.15) is 13.6 Å². The molecule has 2 aromatic rings. The molecular weight excluding hydrogens is 519 g/mol. The van der Waals surface area contributed by atoms with Crippen molar-refractivity contribution in [2.75, 3.05) is 12.3 Å². The lowest BCUT2D eigenvalue weighted by Gasteiger charge is -2.19. The number of carbonyl (C=O) groups is 1. The lowest BCUT2D eigenvalue weighted by molar-refractivity contribution is -0.116. The molecule has 1 fully saturated rings. The number of aliphatic hydroxyl groups is 1. The van der Waals surface area contributed by atoms with Gasteiger partial charge in [-0.3, -0.25) is 18.9 Å². The SMILES string of the molecule is Nc1nc2c(ncn2[C@@H]2O[C@H](COP(=O)(O)OP(=O)(O)OP(=O)(O)O)C(O)C2C=O)c(=O)[nH]1. The fourth-order valence-electron chi connectivity index (χ4n) is 2.90. The van der Waals surface area contributed by atoms with E-state index in [0.717, 1.165) is 10.9 Å². The summed E-state index contributed by atoms with van der Waals surface area (Å²) in [7, 11) is -16.8. The van der Waals surface area contributed by atoms with Crippen molar-refractivity contribution in [1.29, 1.82) is 0 Å². The summed E-state index contributed by atoms with van der Waals surface area (Å²) in [6.45, 7) is -1.01. The van der Waals surface area contributed by atoms with E-state index in [9.17, 15) is 33.3 Å². The van der Waals surface area contributed by atoms with E-state index in [4.69, 9.17) is 25.2 Å². The predicted octanol–water partition coefficient (Wildman–Crippen LogP) is -1.88. The van der Waals surface area contributed by atoms with Crippen LogP contribution in [0.4, 0.5) is 5.95 Å². The van der Waals surface area contributed by atoms with Gasteiger partial charge in [0.25, 0.3) is 5.56 Å². The monoisotopic (exact) mass is 535 g/mol. The van der Waals surface area contributed by atoms with Crippen molar-refractivity contribution in [3.05, 3.63) is 16.7 Å². The summed E-state index contributed by atoms with van der Waals surface area (Å²) in [5.41, 5.74) is 4.54. The number of nitrogens with one attached hydrogen (secondary N) is 1. The average Bonchev–Trinajstić information content (AvgIpc) is 3.17. The Labute approximate surface area is 181 Å². The first-order valence-electron chi connectivity index (χ1n) is 8.42. The zero-order chi connectivity index (χ0) is 24.8. The highest BCUT2D eigenvalue weighted by Gasteiger charge is 2.47. The first-order chi connectivity index (χ1) is 15.1. The number of rotatable bonds is 9. The number of carbonyl (C=O) groups excluding carboxylic acids is 1. The van der Waals surface area contributed by atoms with Gasteiger partial charge in [-0.05, 0) is 0 Å². The van der Waals surface area contributed by atoms with Crippen LogP contribution in [0.1, 0.15) is 6.23 Å². The number of aromatic nitrogens is 4. The number of aldehydes is 1. The topological polar surface area (TPSA) is 296 Å². The van der Waals surface area contributed by atoms with Crippen LogP contribution in [0, 0.1) is 5.92 Å². The van der Waals surface area contributed by atoms with Crippen LogP contribution in [0.15, 0.2) is 11.1 Å². The van der Waals surface area contributed by atoms with Crippen LogP contribution in [-0.4, -0.2) is 69.3 Å². The van der Waals surface area contributed by atoms with E-state index >= 15 is 0 Å². The first-order valence-corrected chi connectivity index (χ1v) is 12.9.